The molecule has 2 aromatic heterocycles. The summed E-state index contributed by atoms with van der Waals surface area (Å²) in [5, 5.41) is 9.51. The molecule has 1 aliphatic carbocycles. The highest BCUT2D eigenvalue weighted by atomic mass is 32.1. The molecule has 0 atom stereocenters. The largest absolute Gasteiger partial charge is 0.435 e. The SMILES string of the molecule is O=C(Nc1nc2c(s1)CCCC2)c1nnn(-c2ccc(F)cc2)c1C(F)(F)F. The monoisotopic (exact) mass is 411 g/mol. The van der Waals surface area contributed by atoms with Crippen LogP contribution in [0.3, 0.4) is 0 Å². The Balaban J connectivity index is 1.68. The van der Waals surface area contributed by atoms with Gasteiger partial charge in [0.15, 0.2) is 16.5 Å². The van der Waals surface area contributed by atoms with Crippen LogP contribution in [0.15, 0.2) is 24.3 Å². The van der Waals surface area contributed by atoms with Gasteiger partial charge in [-0.3, -0.25) is 10.1 Å². The first-order valence-electron chi connectivity index (χ1n) is 8.41. The number of anilines is 1. The minimum absolute atomic E-state index is 0.0648. The van der Waals surface area contributed by atoms with Crippen LogP contribution in [0.4, 0.5) is 22.7 Å². The summed E-state index contributed by atoms with van der Waals surface area (Å²) in [7, 11) is 0. The first-order chi connectivity index (χ1) is 13.3. The van der Waals surface area contributed by atoms with Crippen molar-refractivity contribution in [3.63, 3.8) is 0 Å². The Morgan fingerprint density at radius 2 is 1.86 bits per heavy atom. The third kappa shape index (κ3) is 3.49. The summed E-state index contributed by atoms with van der Waals surface area (Å²) in [4.78, 5) is 17.8. The standard InChI is InChI=1S/C17H13F4N5OS/c18-9-5-7-10(8-6-9)26-14(17(19,20)21)13(24-25-26)15(27)23-16-22-11-3-1-2-4-12(11)28-16/h5-8H,1-4H2,(H,22,23,27). The van der Waals surface area contributed by atoms with Crippen molar-refractivity contribution in [2.24, 2.45) is 0 Å². The smallest absolute Gasteiger partial charge is 0.296 e. The topological polar surface area (TPSA) is 72.7 Å². The maximum Gasteiger partial charge on any atom is 0.435 e. The van der Waals surface area contributed by atoms with Crippen LogP contribution in [0.1, 0.15) is 39.6 Å². The zero-order valence-corrected chi connectivity index (χ0v) is 15.1. The van der Waals surface area contributed by atoms with Gasteiger partial charge in [-0.1, -0.05) is 5.21 Å². The molecular formula is C17H13F4N5OS. The molecule has 2 heterocycles. The zero-order chi connectivity index (χ0) is 19.9. The summed E-state index contributed by atoms with van der Waals surface area (Å²) < 4.78 is 54.4. The minimum atomic E-state index is -4.90. The summed E-state index contributed by atoms with van der Waals surface area (Å²) in [6.07, 6.45) is -1.25. The molecule has 4 rings (SSSR count). The molecule has 1 amide bonds. The van der Waals surface area contributed by atoms with Crippen LogP contribution in [-0.4, -0.2) is 25.9 Å². The molecule has 0 unspecified atom stereocenters. The fraction of sp³-hybridized carbons (Fsp3) is 0.294. The van der Waals surface area contributed by atoms with Gasteiger partial charge in [-0.2, -0.15) is 13.2 Å². The van der Waals surface area contributed by atoms with Crippen molar-refractivity contribution in [3.05, 3.63) is 52.0 Å². The van der Waals surface area contributed by atoms with Crippen molar-refractivity contribution in [2.45, 2.75) is 31.9 Å². The Hall–Kier alpha value is -2.82. The van der Waals surface area contributed by atoms with Crippen molar-refractivity contribution in [1.29, 1.82) is 0 Å². The van der Waals surface area contributed by atoms with Crippen LogP contribution >= 0.6 is 11.3 Å². The number of hydrogen-bond donors (Lipinski definition) is 1. The molecule has 1 N–H and O–H groups in total. The van der Waals surface area contributed by atoms with Gasteiger partial charge in [-0.05, 0) is 49.9 Å². The number of aromatic nitrogens is 4. The molecular weight excluding hydrogens is 398 g/mol. The van der Waals surface area contributed by atoms with Crippen LogP contribution in [0.25, 0.3) is 5.69 Å². The molecule has 11 heteroatoms. The highest BCUT2D eigenvalue weighted by Crippen LogP contribution is 2.34. The van der Waals surface area contributed by atoms with E-state index in [1.807, 2.05) is 0 Å². The number of halogens is 4. The van der Waals surface area contributed by atoms with Crippen molar-refractivity contribution >= 4 is 22.4 Å². The molecule has 0 bridgehead atoms. The molecule has 0 aliphatic heterocycles. The summed E-state index contributed by atoms with van der Waals surface area (Å²) >= 11 is 1.26. The fourth-order valence-corrected chi connectivity index (χ4v) is 4.06. The summed E-state index contributed by atoms with van der Waals surface area (Å²) in [5.74, 6) is -1.66. The lowest BCUT2D eigenvalue weighted by molar-refractivity contribution is -0.143. The number of carbonyl (C=O) groups excluding carboxylic acids is 1. The van der Waals surface area contributed by atoms with E-state index in [-0.39, 0.29) is 10.8 Å². The molecule has 1 aromatic carbocycles. The molecule has 0 saturated heterocycles. The number of nitrogens with one attached hydrogen (secondary N) is 1. The number of amides is 1. The van der Waals surface area contributed by atoms with Crippen LogP contribution < -0.4 is 5.32 Å². The molecule has 3 aromatic rings. The highest BCUT2D eigenvalue weighted by molar-refractivity contribution is 7.15. The average Bonchev–Trinajstić information content (AvgIpc) is 3.25. The average molecular weight is 411 g/mol. The second-order valence-electron chi connectivity index (χ2n) is 6.22. The normalized spacial score (nSPS) is 14.0. The van der Waals surface area contributed by atoms with Crippen molar-refractivity contribution in [1.82, 2.24) is 20.0 Å². The molecule has 146 valence electrons. The number of aryl methyl sites for hydroxylation is 2. The predicted molar refractivity (Wildman–Crippen MR) is 93.0 cm³/mol. The van der Waals surface area contributed by atoms with Gasteiger partial charge in [0.05, 0.1) is 11.4 Å². The van der Waals surface area contributed by atoms with E-state index in [0.29, 0.717) is 4.68 Å². The minimum Gasteiger partial charge on any atom is -0.296 e. The van der Waals surface area contributed by atoms with E-state index in [1.165, 1.54) is 11.3 Å². The van der Waals surface area contributed by atoms with E-state index >= 15 is 0 Å². The second-order valence-corrected chi connectivity index (χ2v) is 7.31. The van der Waals surface area contributed by atoms with Gasteiger partial charge in [0.25, 0.3) is 5.91 Å². The maximum absolute atomic E-state index is 13.6. The van der Waals surface area contributed by atoms with Gasteiger partial charge >= 0.3 is 6.18 Å². The first-order valence-corrected chi connectivity index (χ1v) is 9.23. The number of alkyl halides is 3. The Morgan fingerprint density at radius 3 is 2.54 bits per heavy atom. The Morgan fingerprint density at radius 1 is 1.14 bits per heavy atom. The molecule has 1 aliphatic rings. The molecule has 6 nitrogen and oxygen atoms in total. The molecule has 28 heavy (non-hydrogen) atoms. The first kappa shape index (κ1) is 18.5. The molecule has 0 spiro atoms. The Bertz CT molecular complexity index is 1000. The number of hydrogen-bond acceptors (Lipinski definition) is 5. The van der Waals surface area contributed by atoms with Crippen LogP contribution in [0.5, 0.6) is 0 Å². The van der Waals surface area contributed by atoms with Gasteiger partial charge in [0.2, 0.25) is 0 Å². The lowest BCUT2D eigenvalue weighted by Crippen LogP contribution is -2.21. The van der Waals surface area contributed by atoms with Gasteiger partial charge in [0.1, 0.15) is 5.82 Å². The van der Waals surface area contributed by atoms with E-state index in [2.05, 4.69) is 20.6 Å². The molecule has 0 saturated carbocycles. The van der Waals surface area contributed by atoms with Gasteiger partial charge in [-0.15, -0.1) is 16.4 Å². The Labute approximate surface area is 160 Å². The summed E-state index contributed by atoms with van der Waals surface area (Å²) in [5.41, 5.74) is -1.40. The molecule has 0 radical (unpaired) electrons. The van der Waals surface area contributed by atoms with Crippen LogP contribution in [0, 0.1) is 5.82 Å². The van der Waals surface area contributed by atoms with Crippen molar-refractivity contribution in [3.8, 4) is 5.69 Å². The summed E-state index contributed by atoms with van der Waals surface area (Å²) in [6.45, 7) is 0. The third-order valence-corrected chi connectivity index (χ3v) is 5.36. The quantitative estimate of drug-likeness (QED) is 0.661. The number of fused-ring (bicyclic) bond motifs is 1. The fourth-order valence-electron chi connectivity index (χ4n) is 3.01. The maximum atomic E-state index is 13.6. The number of rotatable bonds is 3. The van der Waals surface area contributed by atoms with Crippen molar-refractivity contribution in [2.75, 3.05) is 5.32 Å². The second kappa shape index (κ2) is 6.97. The highest BCUT2D eigenvalue weighted by Gasteiger charge is 2.42. The van der Waals surface area contributed by atoms with Gasteiger partial charge in [0, 0.05) is 4.88 Å². The number of carbonyl (C=O) groups is 1. The van der Waals surface area contributed by atoms with E-state index in [9.17, 15) is 22.4 Å². The van der Waals surface area contributed by atoms with Crippen LogP contribution in [-0.2, 0) is 19.0 Å². The Kier molecular flexibility index (Phi) is 4.61. The lowest BCUT2D eigenvalue weighted by Gasteiger charge is -2.10. The van der Waals surface area contributed by atoms with E-state index in [4.69, 9.17) is 0 Å². The van der Waals surface area contributed by atoms with E-state index < -0.39 is 29.3 Å². The van der Waals surface area contributed by atoms with Crippen molar-refractivity contribution < 1.29 is 22.4 Å². The number of benzene rings is 1. The van der Waals surface area contributed by atoms with E-state index in [1.54, 1.807) is 0 Å². The lowest BCUT2D eigenvalue weighted by atomic mass is 10.0. The van der Waals surface area contributed by atoms with E-state index in [0.717, 1.165) is 60.5 Å². The number of thiazole rings is 1. The van der Waals surface area contributed by atoms with Gasteiger partial charge in [-0.25, -0.2) is 14.1 Å². The van der Waals surface area contributed by atoms with Gasteiger partial charge < -0.3 is 0 Å². The van der Waals surface area contributed by atoms with Crippen LogP contribution in [0.2, 0.25) is 0 Å². The summed E-state index contributed by atoms with van der Waals surface area (Å²) in [6, 6.07) is 4.24. The zero-order valence-electron chi connectivity index (χ0n) is 14.3. The predicted octanol–water partition coefficient (Wildman–Crippen LogP) is 4.01. The molecule has 0 fully saturated rings. The number of nitrogens with zero attached hydrogens (tertiary/aromatic N) is 4. The third-order valence-electron chi connectivity index (χ3n) is 4.29.